The Morgan fingerprint density at radius 1 is 1.44 bits per heavy atom. The van der Waals surface area contributed by atoms with E-state index in [-0.39, 0.29) is 5.75 Å². The second-order valence-corrected chi connectivity index (χ2v) is 7.03. The summed E-state index contributed by atoms with van der Waals surface area (Å²) >= 11 is 0. The first kappa shape index (κ1) is 13.7. The molecule has 1 fully saturated rings. The zero-order valence-corrected chi connectivity index (χ0v) is 11.1. The maximum atomic E-state index is 11.3. The predicted molar refractivity (Wildman–Crippen MR) is 68.3 cm³/mol. The number of sulfone groups is 1. The summed E-state index contributed by atoms with van der Waals surface area (Å²) in [4.78, 5) is 0. The molecule has 0 unspecified atom stereocenters. The van der Waals surface area contributed by atoms with Gasteiger partial charge in [-0.15, -0.1) is 0 Å². The van der Waals surface area contributed by atoms with Gasteiger partial charge in [0.05, 0.1) is 5.75 Å². The molecule has 0 aromatic rings. The van der Waals surface area contributed by atoms with Crippen LogP contribution in [-0.4, -0.2) is 32.5 Å². The predicted octanol–water partition coefficient (Wildman–Crippen LogP) is 1.90. The molecule has 16 heavy (non-hydrogen) atoms. The molecule has 0 bridgehead atoms. The summed E-state index contributed by atoms with van der Waals surface area (Å²) in [6.07, 6.45) is 6.48. The van der Waals surface area contributed by atoms with Crippen molar-refractivity contribution in [3.63, 3.8) is 0 Å². The molecule has 0 saturated heterocycles. The second kappa shape index (κ2) is 6.40. The zero-order valence-electron chi connectivity index (χ0n) is 10.3. The Hall–Kier alpha value is -0.350. The summed E-state index contributed by atoms with van der Waals surface area (Å²) in [5, 5.41) is 3.43. The lowest BCUT2D eigenvalue weighted by Gasteiger charge is -2.03. The Kier molecular flexibility index (Phi) is 5.49. The molecular weight excluding hydrogens is 222 g/mol. The quantitative estimate of drug-likeness (QED) is 0.525. The summed E-state index contributed by atoms with van der Waals surface area (Å²) in [7, 11) is -2.81. The molecule has 0 aromatic heterocycles. The topological polar surface area (TPSA) is 46.2 Å². The minimum atomic E-state index is -2.81. The molecule has 0 radical (unpaired) electrons. The van der Waals surface area contributed by atoms with Crippen molar-refractivity contribution in [2.75, 3.05) is 18.1 Å². The van der Waals surface area contributed by atoms with Crippen molar-refractivity contribution in [3.05, 3.63) is 11.6 Å². The highest BCUT2D eigenvalue weighted by Crippen LogP contribution is 2.18. The monoisotopic (exact) mass is 245 g/mol. The van der Waals surface area contributed by atoms with Crippen LogP contribution >= 0.6 is 0 Å². The summed E-state index contributed by atoms with van der Waals surface area (Å²) in [6.45, 7) is 4.73. The van der Waals surface area contributed by atoms with Crippen LogP contribution in [0.4, 0.5) is 0 Å². The van der Waals surface area contributed by atoms with Gasteiger partial charge < -0.3 is 5.32 Å². The van der Waals surface area contributed by atoms with Crippen molar-refractivity contribution in [2.45, 2.75) is 45.6 Å². The summed E-state index contributed by atoms with van der Waals surface area (Å²) in [6, 6.07) is 0.758. The number of allylic oxidation sites excluding steroid dienone is 1. The third-order valence-corrected chi connectivity index (χ3v) is 4.60. The minimum Gasteiger partial charge on any atom is -0.314 e. The van der Waals surface area contributed by atoms with E-state index in [1.54, 1.807) is 6.92 Å². The van der Waals surface area contributed by atoms with E-state index in [1.165, 1.54) is 18.4 Å². The van der Waals surface area contributed by atoms with Crippen LogP contribution in [-0.2, 0) is 9.84 Å². The van der Waals surface area contributed by atoms with Gasteiger partial charge in [-0.1, -0.05) is 18.6 Å². The molecule has 1 N–H and O–H groups in total. The van der Waals surface area contributed by atoms with E-state index in [2.05, 4.69) is 11.4 Å². The zero-order chi connectivity index (χ0) is 12.0. The number of nitrogens with one attached hydrogen (secondary N) is 1. The molecular formula is C12H23NO2S. The van der Waals surface area contributed by atoms with Crippen molar-refractivity contribution in [1.29, 1.82) is 0 Å². The van der Waals surface area contributed by atoms with Crippen molar-refractivity contribution >= 4 is 9.84 Å². The minimum absolute atomic E-state index is 0.253. The lowest BCUT2D eigenvalue weighted by Crippen LogP contribution is -2.16. The molecule has 1 aliphatic carbocycles. The van der Waals surface area contributed by atoms with E-state index in [1.807, 2.05) is 6.92 Å². The number of hydrogen-bond donors (Lipinski definition) is 1. The third kappa shape index (κ3) is 6.28. The molecule has 1 saturated carbocycles. The van der Waals surface area contributed by atoms with E-state index in [9.17, 15) is 8.42 Å². The molecule has 0 aliphatic heterocycles. The summed E-state index contributed by atoms with van der Waals surface area (Å²) < 4.78 is 22.6. The lowest BCUT2D eigenvalue weighted by atomic mass is 10.2. The van der Waals surface area contributed by atoms with E-state index in [4.69, 9.17) is 0 Å². The van der Waals surface area contributed by atoms with E-state index < -0.39 is 9.84 Å². The highest BCUT2D eigenvalue weighted by molar-refractivity contribution is 7.91. The molecule has 94 valence electrons. The molecule has 1 aliphatic rings. The van der Waals surface area contributed by atoms with Gasteiger partial charge in [0.15, 0.2) is 0 Å². The van der Waals surface area contributed by atoms with E-state index in [0.29, 0.717) is 12.2 Å². The van der Waals surface area contributed by atoms with E-state index in [0.717, 1.165) is 19.0 Å². The Morgan fingerprint density at radius 2 is 2.12 bits per heavy atom. The first-order valence-electron chi connectivity index (χ1n) is 6.13. The fraction of sp³-hybridized carbons (Fsp3) is 0.833. The first-order chi connectivity index (χ1) is 7.53. The van der Waals surface area contributed by atoms with Crippen LogP contribution in [0.15, 0.2) is 11.6 Å². The van der Waals surface area contributed by atoms with Gasteiger partial charge in [0.1, 0.15) is 9.84 Å². The van der Waals surface area contributed by atoms with Gasteiger partial charge in [-0.2, -0.15) is 0 Å². The van der Waals surface area contributed by atoms with Crippen LogP contribution in [0.1, 0.15) is 39.5 Å². The van der Waals surface area contributed by atoms with Crippen LogP contribution in [0, 0.1) is 0 Å². The SMILES string of the molecule is CCS(=O)(=O)CCC(C)=CCCNC1CC1. The smallest absolute Gasteiger partial charge is 0.150 e. The van der Waals surface area contributed by atoms with Gasteiger partial charge in [-0.3, -0.25) is 0 Å². The summed E-state index contributed by atoms with van der Waals surface area (Å²) in [5.74, 6) is 0.547. The number of rotatable bonds is 8. The standard InChI is InChI=1S/C12H23NO2S/c1-3-16(14,15)10-8-11(2)5-4-9-13-12-6-7-12/h5,12-13H,3-4,6-10H2,1-2H3. The van der Waals surface area contributed by atoms with Crippen molar-refractivity contribution in [3.8, 4) is 0 Å². The summed E-state index contributed by atoms with van der Waals surface area (Å²) in [5.41, 5.74) is 1.19. The molecule has 0 heterocycles. The van der Waals surface area contributed by atoms with Gasteiger partial charge in [0.25, 0.3) is 0 Å². The van der Waals surface area contributed by atoms with Crippen molar-refractivity contribution in [1.82, 2.24) is 5.32 Å². The first-order valence-corrected chi connectivity index (χ1v) is 7.95. The third-order valence-electron chi connectivity index (χ3n) is 2.89. The average molecular weight is 245 g/mol. The van der Waals surface area contributed by atoms with Gasteiger partial charge in [-0.25, -0.2) is 8.42 Å². The van der Waals surface area contributed by atoms with Crippen molar-refractivity contribution < 1.29 is 8.42 Å². The molecule has 0 aromatic carbocycles. The molecule has 0 atom stereocenters. The van der Waals surface area contributed by atoms with Gasteiger partial charge in [-0.05, 0) is 39.2 Å². The van der Waals surface area contributed by atoms with Crippen molar-refractivity contribution in [2.24, 2.45) is 0 Å². The van der Waals surface area contributed by atoms with Crippen LogP contribution in [0.3, 0.4) is 0 Å². The van der Waals surface area contributed by atoms with E-state index >= 15 is 0 Å². The second-order valence-electron chi connectivity index (χ2n) is 4.55. The lowest BCUT2D eigenvalue weighted by molar-refractivity contribution is 0.596. The van der Waals surface area contributed by atoms with Gasteiger partial charge in [0.2, 0.25) is 0 Å². The average Bonchev–Trinajstić information content (AvgIpc) is 3.06. The molecule has 1 rings (SSSR count). The van der Waals surface area contributed by atoms with Gasteiger partial charge in [0, 0.05) is 11.8 Å². The normalized spacial score (nSPS) is 17.8. The van der Waals surface area contributed by atoms with Crippen LogP contribution in [0.25, 0.3) is 0 Å². The Bertz CT molecular complexity index is 329. The van der Waals surface area contributed by atoms with Crippen LogP contribution < -0.4 is 5.32 Å². The molecule has 0 spiro atoms. The van der Waals surface area contributed by atoms with Gasteiger partial charge >= 0.3 is 0 Å². The molecule has 4 heteroatoms. The van der Waals surface area contributed by atoms with Crippen LogP contribution in [0.2, 0.25) is 0 Å². The fourth-order valence-electron chi connectivity index (χ4n) is 1.46. The number of hydrogen-bond acceptors (Lipinski definition) is 3. The Balaban J connectivity index is 2.12. The molecule has 3 nitrogen and oxygen atoms in total. The maximum Gasteiger partial charge on any atom is 0.150 e. The highest BCUT2D eigenvalue weighted by Gasteiger charge is 2.19. The maximum absolute atomic E-state index is 11.3. The molecule has 0 amide bonds. The Labute approximate surface area is 99.2 Å². The Morgan fingerprint density at radius 3 is 2.69 bits per heavy atom. The fourth-order valence-corrected chi connectivity index (χ4v) is 2.38. The largest absolute Gasteiger partial charge is 0.314 e. The highest BCUT2D eigenvalue weighted by atomic mass is 32.2. The van der Waals surface area contributed by atoms with Crippen LogP contribution in [0.5, 0.6) is 0 Å².